The smallest absolute Gasteiger partial charge is 0.161 e. The predicted molar refractivity (Wildman–Crippen MR) is 196 cm³/mol. The normalized spacial score (nSPS) is 12.0. The molecule has 0 fully saturated rings. The fourth-order valence-electron chi connectivity index (χ4n) is 5.12. The molecule has 0 aliphatic rings. The van der Waals surface area contributed by atoms with Crippen molar-refractivity contribution in [3.05, 3.63) is 116 Å². The van der Waals surface area contributed by atoms with Crippen molar-refractivity contribution in [1.82, 2.24) is 0 Å². The minimum Gasteiger partial charge on any atom is -0.493 e. The molecule has 0 spiro atoms. The highest BCUT2D eigenvalue weighted by Crippen LogP contribution is 2.39. The molecule has 10 heteroatoms. The average molecular weight is 791 g/mol. The molecule has 2 unspecified atom stereocenters. The first-order valence-electron chi connectivity index (χ1n) is 15.7. The van der Waals surface area contributed by atoms with E-state index >= 15 is 0 Å². The van der Waals surface area contributed by atoms with Crippen LogP contribution in [0.4, 0.5) is 0 Å². The zero-order valence-corrected chi connectivity index (χ0v) is 31.2. The first-order chi connectivity index (χ1) is 23.4. The number of aliphatic hydroxyl groups excluding tert-OH is 2. The van der Waals surface area contributed by atoms with Crippen molar-refractivity contribution in [2.24, 2.45) is 0 Å². The molecule has 2 atom stereocenters. The Hall–Kier alpha value is -3.12. The molecule has 0 bridgehead atoms. The number of ether oxygens (including phenoxy) is 6. The molecule has 0 radical (unpaired) electrons. The minimum absolute atomic E-state index is 0.0629. The van der Waals surface area contributed by atoms with Crippen LogP contribution in [0.15, 0.2) is 93.9 Å². The summed E-state index contributed by atoms with van der Waals surface area (Å²) in [6, 6.07) is 27.7. The Balaban J connectivity index is 0.000000260. The van der Waals surface area contributed by atoms with Gasteiger partial charge < -0.3 is 38.6 Å². The summed E-state index contributed by atoms with van der Waals surface area (Å²) in [6.07, 6.45) is 1.23. The molecule has 0 aliphatic heterocycles. The molecular formula is C38H46Br2O8. The fourth-order valence-corrected chi connectivity index (χ4v) is 6.41. The van der Waals surface area contributed by atoms with E-state index in [1.54, 1.807) is 28.4 Å². The highest BCUT2D eigenvalue weighted by atomic mass is 79.9. The standard InChI is InChI=1S/2C19H23BrO4/c2*1-22-18-10-16(17(20)11-19(18)23-2)15(8-9-21)13-24-12-14-6-4-3-5-7-14/h2*3-7,10-11,15,21H,8-9,12-13H2,1-2H3. The summed E-state index contributed by atoms with van der Waals surface area (Å²) in [7, 11) is 6.45. The maximum atomic E-state index is 9.41. The van der Waals surface area contributed by atoms with E-state index < -0.39 is 0 Å². The molecule has 4 aromatic carbocycles. The monoisotopic (exact) mass is 788 g/mol. The molecule has 0 aliphatic carbocycles. The molecule has 48 heavy (non-hydrogen) atoms. The maximum absolute atomic E-state index is 9.41. The van der Waals surface area contributed by atoms with Gasteiger partial charge in [0.05, 0.1) is 54.9 Å². The van der Waals surface area contributed by atoms with Crippen LogP contribution in [-0.2, 0) is 22.7 Å². The lowest BCUT2D eigenvalue weighted by molar-refractivity contribution is 0.0986. The number of hydrogen-bond donors (Lipinski definition) is 2. The molecule has 8 nitrogen and oxygen atoms in total. The number of halogens is 2. The quantitative estimate of drug-likeness (QED) is 0.104. The molecule has 0 amide bonds. The summed E-state index contributed by atoms with van der Waals surface area (Å²) in [4.78, 5) is 0. The van der Waals surface area contributed by atoms with Crippen LogP contribution in [0, 0.1) is 0 Å². The third kappa shape index (κ3) is 12.1. The zero-order valence-electron chi connectivity index (χ0n) is 28.0. The Morgan fingerprint density at radius 2 is 0.854 bits per heavy atom. The Bertz CT molecular complexity index is 1370. The van der Waals surface area contributed by atoms with Crippen LogP contribution in [0.2, 0.25) is 0 Å². The summed E-state index contributed by atoms with van der Waals surface area (Å²) in [6.45, 7) is 2.33. The van der Waals surface area contributed by atoms with Crippen LogP contribution < -0.4 is 18.9 Å². The molecule has 0 saturated heterocycles. The first kappa shape index (κ1) is 39.3. The second-order valence-electron chi connectivity index (χ2n) is 10.9. The summed E-state index contributed by atoms with van der Waals surface area (Å²) < 4.78 is 35.0. The van der Waals surface area contributed by atoms with E-state index in [9.17, 15) is 10.2 Å². The number of rotatable bonds is 18. The lowest BCUT2D eigenvalue weighted by atomic mass is 9.96. The van der Waals surface area contributed by atoms with Crippen molar-refractivity contribution in [3.63, 3.8) is 0 Å². The molecule has 0 aromatic heterocycles. The molecular weight excluding hydrogens is 744 g/mol. The molecule has 4 rings (SSSR count). The van der Waals surface area contributed by atoms with E-state index in [0.29, 0.717) is 62.3 Å². The molecule has 0 heterocycles. The van der Waals surface area contributed by atoms with Crippen LogP contribution in [0.3, 0.4) is 0 Å². The fraction of sp³-hybridized carbons (Fsp3) is 0.368. The molecule has 0 saturated carbocycles. The molecule has 260 valence electrons. The van der Waals surface area contributed by atoms with Gasteiger partial charge >= 0.3 is 0 Å². The van der Waals surface area contributed by atoms with Crippen molar-refractivity contribution >= 4 is 31.9 Å². The summed E-state index contributed by atoms with van der Waals surface area (Å²) >= 11 is 7.17. The van der Waals surface area contributed by atoms with Gasteiger partial charge in [-0.1, -0.05) is 92.5 Å². The van der Waals surface area contributed by atoms with Gasteiger partial charge in [-0.3, -0.25) is 0 Å². The van der Waals surface area contributed by atoms with E-state index in [4.69, 9.17) is 28.4 Å². The number of methoxy groups -OCH3 is 4. The van der Waals surface area contributed by atoms with Crippen LogP contribution >= 0.6 is 31.9 Å². The van der Waals surface area contributed by atoms with Crippen molar-refractivity contribution in [2.45, 2.75) is 37.9 Å². The van der Waals surface area contributed by atoms with Crippen LogP contribution in [-0.4, -0.2) is 65.1 Å². The van der Waals surface area contributed by atoms with E-state index in [1.807, 2.05) is 84.9 Å². The van der Waals surface area contributed by atoms with Gasteiger partial charge in [-0.15, -0.1) is 0 Å². The summed E-state index contributed by atoms with van der Waals surface area (Å²) in [5.74, 6) is 2.80. The Morgan fingerprint density at radius 3 is 1.17 bits per heavy atom. The van der Waals surface area contributed by atoms with Gasteiger partial charge in [0.2, 0.25) is 0 Å². The maximum Gasteiger partial charge on any atom is 0.161 e. The van der Waals surface area contributed by atoms with E-state index in [0.717, 1.165) is 31.2 Å². The minimum atomic E-state index is 0.0629. The van der Waals surface area contributed by atoms with Crippen LogP contribution in [0.25, 0.3) is 0 Å². The lowest BCUT2D eigenvalue weighted by Crippen LogP contribution is -2.11. The predicted octanol–water partition coefficient (Wildman–Crippen LogP) is 8.30. The third-order valence-electron chi connectivity index (χ3n) is 7.70. The van der Waals surface area contributed by atoms with Gasteiger partial charge in [-0.2, -0.15) is 0 Å². The zero-order chi connectivity index (χ0) is 34.7. The Labute approximate surface area is 301 Å². The second-order valence-corrected chi connectivity index (χ2v) is 12.6. The van der Waals surface area contributed by atoms with Gasteiger partial charge in [-0.05, 0) is 59.4 Å². The van der Waals surface area contributed by atoms with E-state index in [2.05, 4.69) is 31.9 Å². The SMILES string of the molecule is COc1cc(Br)c(C(CCO)COCc2ccccc2)cc1OC.COc1cc(Br)c(C(CCO)COCc2ccccc2)cc1OC. The lowest BCUT2D eigenvalue weighted by Gasteiger charge is -2.20. The topological polar surface area (TPSA) is 95.8 Å². The highest BCUT2D eigenvalue weighted by Gasteiger charge is 2.20. The van der Waals surface area contributed by atoms with Crippen molar-refractivity contribution in [3.8, 4) is 23.0 Å². The number of aliphatic hydroxyl groups is 2. The average Bonchev–Trinajstić information content (AvgIpc) is 3.12. The van der Waals surface area contributed by atoms with Crippen LogP contribution in [0.1, 0.15) is 46.9 Å². The van der Waals surface area contributed by atoms with Crippen molar-refractivity contribution in [2.75, 3.05) is 54.9 Å². The summed E-state index contributed by atoms with van der Waals surface area (Å²) in [5.41, 5.74) is 4.34. The molecule has 4 aromatic rings. The third-order valence-corrected chi connectivity index (χ3v) is 9.08. The van der Waals surface area contributed by atoms with Crippen molar-refractivity contribution in [1.29, 1.82) is 0 Å². The summed E-state index contributed by atoms with van der Waals surface area (Å²) in [5, 5.41) is 18.8. The van der Waals surface area contributed by atoms with Gasteiger partial charge in [-0.25, -0.2) is 0 Å². The number of hydrogen-bond acceptors (Lipinski definition) is 8. The van der Waals surface area contributed by atoms with Gasteiger partial charge in [0, 0.05) is 34.0 Å². The highest BCUT2D eigenvalue weighted by molar-refractivity contribution is 9.10. The van der Waals surface area contributed by atoms with Gasteiger partial charge in [0.15, 0.2) is 23.0 Å². The Morgan fingerprint density at radius 1 is 0.521 bits per heavy atom. The first-order valence-corrected chi connectivity index (χ1v) is 17.2. The van der Waals surface area contributed by atoms with Gasteiger partial charge in [0.25, 0.3) is 0 Å². The second kappa shape index (κ2) is 21.8. The van der Waals surface area contributed by atoms with E-state index in [1.165, 1.54) is 0 Å². The van der Waals surface area contributed by atoms with Gasteiger partial charge in [0.1, 0.15) is 0 Å². The molecule has 2 N–H and O–H groups in total. The largest absolute Gasteiger partial charge is 0.493 e. The number of benzene rings is 4. The van der Waals surface area contributed by atoms with E-state index in [-0.39, 0.29) is 25.0 Å². The van der Waals surface area contributed by atoms with Crippen LogP contribution in [0.5, 0.6) is 23.0 Å². The van der Waals surface area contributed by atoms with Crippen molar-refractivity contribution < 1.29 is 38.6 Å². The Kier molecular flexibility index (Phi) is 17.8.